The first kappa shape index (κ1) is 29.0. The Hall–Kier alpha value is -2.48. The van der Waals surface area contributed by atoms with Gasteiger partial charge in [0.2, 0.25) is 0 Å². The number of amides is 2. The monoisotopic (exact) mass is 566 g/mol. The lowest BCUT2D eigenvalue weighted by Crippen LogP contribution is -2.49. The number of aromatic nitrogens is 1. The minimum Gasteiger partial charge on any atom is -0.376 e. The van der Waals surface area contributed by atoms with Gasteiger partial charge in [0.05, 0.1) is 17.8 Å². The van der Waals surface area contributed by atoms with Crippen LogP contribution in [0.15, 0.2) is 36.4 Å². The van der Waals surface area contributed by atoms with E-state index in [1.807, 2.05) is 24.8 Å². The predicted octanol–water partition coefficient (Wildman–Crippen LogP) is 6.22. The highest BCUT2D eigenvalue weighted by atomic mass is 35.5. The molecule has 7 nitrogen and oxygen atoms in total. The van der Waals surface area contributed by atoms with Crippen LogP contribution in [0, 0.1) is 13.8 Å². The highest BCUT2D eigenvalue weighted by molar-refractivity contribution is 6.29. The van der Waals surface area contributed by atoms with Crippen molar-refractivity contribution in [3.8, 4) is 0 Å². The summed E-state index contributed by atoms with van der Waals surface area (Å²) in [5.41, 5.74) is 3.55. The van der Waals surface area contributed by atoms with Crippen LogP contribution in [0.25, 0.3) is 0 Å². The van der Waals surface area contributed by atoms with E-state index in [2.05, 4.69) is 46.0 Å². The van der Waals surface area contributed by atoms with Crippen LogP contribution < -0.4 is 0 Å². The van der Waals surface area contributed by atoms with Crippen molar-refractivity contribution in [3.63, 3.8) is 0 Å². The molecular weight excluding hydrogens is 524 g/mol. The van der Waals surface area contributed by atoms with Gasteiger partial charge in [-0.15, -0.1) is 0 Å². The van der Waals surface area contributed by atoms with E-state index in [-0.39, 0.29) is 30.0 Å². The molecule has 3 atom stereocenters. The minimum atomic E-state index is 0.0874. The molecule has 2 amide bonds. The fourth-order valence-corrected chi connectivity index (χ4v) is 7.18. The minimum absolute atomic E-state index is 0.0874. The van der Waals surface area contributed by atoms with Gasteiger partial charge >= 0.3 is 6.03 Å². The maximum Gasteiger partial charge on any atom is 0.321 e. The summed E-state index contributed by atoms with van der Waals surface area (Å²) in [4.78, 5) is 37.6. The number of urea groups is 1. The molecule has 3 saturated heterocycles. The van der Waals surface area contributed by atoms with Gasteiger partial charge in [-0.05, 0) is 76.5 Å². The molecule has 2 aromatic rings. The molecule has 8 heteroatoms. The molecular formula is C32H43ClN4O3. The third-order valence-corrected chi connectivity index (χ3v) is 9.23. The lowest BCUT2D eigenvalue weighted by atomic mass is 9.96. The second kappa shape index (κ2) is 13.0. The zero-order chi connectivity index (χ0) is 28.2. The van der Waals surface area contributed by atoms with Gasteiger partial charge in [-0.25, -0.2) is 9.78 Å². The summed E-state index contributed by atoms with van der Waals surface area (Å²) in [6, 6.07) is 13.1. The second-order valence-corrected chi connectivity index (χ2v) is 12.2. The number of carbonyl (C=O) groups is 2. The van der Waals surface area contributed by atoms with Gasteiger partial charge in [-0.3, -0.25) is 4.79 Å². The predicted molar refractivity (Wildman–Crippen MR) is 158 cm³/mol. The molecule has 0 radical (unpaired) electrons. The molecule has 3 aliphatic heterocycles. The Labute approximate surface area is 243 Å². The summed E-state index contributed by atoms with van der Waals surface area (Å²) < 4.78 is 5.87. The number of benzene rings is 1. The lowest BCUT2D eigenvalue weighted by Gasteiger charge is -2.41. The maximum atomic E-state index is 13.7. The molecule has 0 saturated carbocycles. The Morgan fingerprint density at radius 2 is 1.90 bits per heavy atom. The summed E-state index contributed by atoms with van der Waals surface area (Å²) >= 11 is 6.04. The van der Waals surface area contributed by atoms with Gasteiger partial charge in [0.25, 0.3) is 0 Å². The number of Topliss-reactive ketones (excluding diaryl/α,β-unsaturated/α-hetero) is 1. The maximum absolute atomic E-state index is 13.7. The quantitative estimate of drug-likeness (QED) is 0.252. The number of nitrogens with zero attached hydrogens (tertiary/aromatic N) is 4. The first-order valence-electron chi connectivity index (χ1n) is 15.0. The normalized spacial score (nSPS) is 23.2. The standard InChI is InChI=1S/C32H43ClN4O3/c1-22-19-30(33)34-24(3)31(22)29(38)13-7-9-23(2)35-16-14-26(15-17-35)37-28(25-10-5-4-6-11-25)21-36(32(37)39)20-27-12-8-18-40-27/h4-6,10-11,19,23,26-28H,7-9,12-18,20-21H2,1-3H3/t23?,27?,28-/m0/s1. The number of pyridine rings is 1. The molecule has 2 unspecified atom stereocenters. The van der Waals surface area contributed by atoms with Crippen LogP contribution in [0.5, 0.6) is 0 Å². The number of piperidine rings is 1. The first-order valence-corrected chi connectivity index (χ1v) is 15.3. The number of likely N-dealkylation sites (tertiary alicyclic amines) is 1. The lowest BCUT2D eigenvalue weighted by molar-refractivity contribution is 0.0791. The average Bonchev–Trinajstić information content (AvgIpc) is 3.56. The number of carbonyl (C=O) groups excluding carboxylic acids is 2. The molecule has 0 spiro atoms. The van der Waals surface area contributed by atoms with Crippen molar-refractivity contribution in [1.82, 2.24) is 19.7 Å². The molecule has 3 aliphatic rings. The second-order valence-electron chi connectivity index (χ2n) is 11.8. The average molecular weight is 567 g/mol. The molecule has 0 aliphatic carbocycles. The number of hydrogen-bond donors (Lipinski definition) is 0. The Morgan fingerprint density at radius 3 is 2.58 bits per heavy atom. The van der Waals surface area contributed by atoms with Gasteiger partial charge < -0.3 is 19.4 Å². The van der Waals surface area contributed by atoms with Gasteiger partial charge in [0.1, 0.15) is 5.15 Å². The van der Waals surface area contributed by atoms with E-state index in [1.54, 1.807) is 6.07 Å². The van der Waals surface area contributed by atoms with E-state index in [9.17, 15) is 9.59 Å². The van der Waals surface area contributed by atoms with Crippen LogP contribution >= 0.6 is 11.6 Å². The molecule has 216 valence electrons. The summed E-state index contributed by atoms with van der Waals surface area (Å²) in [6.45, 7) is 10.2. The highest BCUT2D eigenvalue weighted by Crippen LogP contribution is 2.35. The van der Waals surface area contributed by atoms with Crippen LogP contribution in [0.2, 0.25) is 5.15 Å². The van der Waals surface area contributed by atoms with E-state index < -0.39 is 0 Å². The molecule has 5 rings (SSSR count). The van der Waals surface area contributed by atoms with E-state index in [1.165, 1.54) is 5.56 Å². The molecule has 0 N–H and O–H groups in total. The number of ether oxygens (including phenoxy) is 1. The van der Waals surface area contributed by atoms with Crippen molar-refractivity contribution in [2.24, 2.45) is 0 Å². The smallest absolute Gasteiger partial charge is 0.321 e. The molecule has 4 heterocycles. The summed E-state index contributed by atoms with van der Waals surface area (Å²) in [5.74, 6) is 0.150. The van der Waals surface area contributed by atoms with E-state index >= 15 is 0 Å². The summed E-state index contributed by atoms with van der Waals surface area (Å²) in [7, 11) is 0. The van der Waals surface area contributed by atoms with Gasteiger partial charge in [0.15, 0.2) is 5.78 Å². The number of ketones is 1. The molecule has 3 fully saturated rings. The zero-order valence-corrected chi connectivity index (χ0v) is 24.9. The Morgan fingerprint density at radius 1 is 1.15 bits per heavy atom. The number of hydrogen-bond acceptors (Lipinski definition) is 5. The molecule has 0 bridgehead atoms. The number of aryl methyl sites for hydroxylation is 2. The third-order valence-electron chi connectivity index (χ3n) is 9.04. The van der Waals surface area contributed by atoms with Crippen LogP contribution in [0.4, 0.5) is 4.79 Å². The number of rotatable bonds is 10. The summed E-state index contributed by atoms with van der Waals surface area (Å²) in [6.07, 6.45) is 6.58. The zero-order valence-electron chi connectivity index (χ0n) is 24.2. The van der Waals surface area contributed by atoms with Gasteiger partial charge in [-0.1, -0.05) is 41.9 Å². The van der Waals surface area contributed by atoms with Crippen LogP contribution in [-0.4, -0.2) is 82.5 Å². The van der Waals surface area contributed by atoms with E-state index in [4.69, 9.17) is 16.3 Å². The molecule has 40 heavy (non-hydrogen) atoms. The number of halogens is 1. The van der Waals surface area contributed by atoms with Gasteiger partial charge in [0, 0.05) is 56.9 Å². The highest BCUT2D eigenvalue weighted by Gasteiger charge is 2.43. The largest absolute Gasteiger partial charge is 0.376 e. The van der Waals surface area contributed by atoms with Crippen LogP contribution in [-0.2, 0) is 4.74 Å². The molecule has 1 aromatic heterocycles. The summed E-state index contributed by atoms with van der Waals surface area (Å²) in [5, 5.41) is 0.435. The third kappa shape index (κ3) is 6.53. The topological polar surface area (TPSA) is 66.0 Å². The molecule has 1 aromatic carbocycles. The Bertz CT molecular complexity index is 1150. The van der Waals surface area contributed by atoms with Crippen molar-refractivity contribution in [1.29, 1.82) is 0 Å². The Balaban J connectivity index is 1.15. The SMILES string of the molecule is Cc1cc(Cl)nc(C)c1C(=O)CCCC(C)N1CCC(N2C(=O)N(CC3CCCO3)C[C@H]2c2ccccc2)CC1. The first-order chi connectivity index (χ1) is 19.3. The van der Waals surface area contributed by atoms with Crippen LogP contribution in [0.1, 0.15) is 85.1 Å². The van der Waals surface area contributed by atoms with E-state index in [0.29, 0.717) is 29.9 Å². The van der Waals surface area contributed by atoms with Crippen molar-refractivity contribution >= 4 is 23.4 Å². The van der Waals surface area contributed by atoms with Crippen molar-refractivity contribution in [3.05, 3.63) is 63.9 Å². The fraction of sp³-hybridized carbons (Fsp3) is 0.594. The van der Waals surface area contributed by atoms with Crippen molar-refractivity contribution in [2.75, 3.05) is 32.8 Å². The van der Waals surface area contributed by atoms with E-state index in [0.717, 1.165) is 75.9 Å². The van der Waals surface area contributed by atoms with Crippen LogP contribution in [0.3, 0.4) is 0 Å². The Kier molecular flexibility index (Phi) is 9.44. The van der Waals surface area contributed by atoms with Gasteiger partial charge in [-0.2, -0.15) is 0 Å². The fourth-order valence-electron chi connectivity index (χ4n) is 6.89. The van der Waals surface area contributed by atoms with Crippen molar-refractivity contribution in [2.45, 2.75) is 89.9 Å². The van der Waals surface area contributed by atoms with Crippen molar-refractivity contribution < 1.29 is 14.3 Å².